The number of rotatable bonds is 8. The lowest BCUT2D eigenvalue weighted by Gasteiger charge is -2.38. The van der Waals surface area contributed by atoms with Crippen molar-refractivity contribution in [1.29, 1.82) is 0 Å². The van der Waals surface area contributed by atoms with Gasteiger partial charge >= 0.3 is 12.0 Å². The maximum Gasteiger partial charge on any atom is 0.317 e. The highest BCUT2D eigenvalue weighted by Gasteiger charge is 2.44. The van der Waals surface area contributed by atoms with Gasteiger partial charge in [-0.15, -0.1) is 6.58 Å². The fourth-order valence-corrected chi connectivity index (χ4v) is 2.06. The summed E-state index contributed by atoms with van der Waals surface area (Å²) in [6.07, 6.45) is 3.79. The first-order valence-corrected chi connectivity index (χ1v) is 6.42. The molecule has 0 aliphatic heterocycles. The van der Waals surface area contributed by atoms with Crippen LogP contribution in [0.5, 0.6) is 0 Å². The zero-order valence-electron chi connectivity index (χ0n) is 11.4. The third-order valence-electron chi connectivity index (χ3n) is 3.54. The highest BCUT2D eigenvalue weighted by molar-refractivity contribution is 5.79. The van der Waals surface area contributed by atoms with Crippen LogP contribution in [-0.4, -0.2) is 55.4 Å². The number of carboxylic acids is 1. The van der Waals surface area contributed by atoms with E-state index in [1.807, 2.05) is 0 Å². The Bertz CT molecular complexity index is 340. The monoisotopic (exact) mass is 270 g/mol. The Morgan fingerprint density at radius 2 is 2.21 bits per heavy atom. The van der Waals surface area contributed by atoms with Crippen molar-refractivity contribution in [2.45, 2.75) is 19.3 Å². The van der Waals surface area contributed by atoms with Crippen molar-refractivity contribution in [3.8, 4) is 0 Å². The zero-order chi connectivity index (χ0) is 14.3. The predicted octanol–water partition coefficient (Wildman–Crippen LogP) is 1.09. The average Bonchev–Trinajstić information content (AvgIpc) is 2.32. The summed E-state index contributed by atoms with van der Waals surface area (Å²) in [5, 5.41) is 11.9. The third kappa shape index (κ3) is 3.96. The van der Waals surface area contributed by atoms with Gasteiger partial charge in [-0.1, -0.05) is 12.5 Å². The minimum atomic E-state index is -0.828. The molecule has 0 aromatic heterocycles. The number of hydrogen-bond donors (Lipinski definition) is 2. The van der Waals surface area contributed by atoms with Crippen LogP contribution in [0, 0.1) is 5.41 Å². The lowest BCUT2D eigenvalue weighted by molar-refractivity contribution is -0.153. The second kappa shape index (κ2) is 7.13. The van der Waals surface area contributed by atoms with Gasteiger partial charge in [0.15, 0.2) is 0 Å². The highest BCUT2D eigenvalue weighted by Crippen LogP contribution is 2.40. The summed E-state index contributed by atoms with van der Waals surface area (Å²) in [6, 6.07) is -0.274. The molecule has 0 aromatic carbocycles. The van der Waals surface area contributed by atoms with Crippen LogP contribution < -0.4 is 5.32 Å². The minimum Gasteiger partial charge on any atom is -0.481 e. The number of amides is 2. The number of nitrogens with zero attached hydrogens (tertiary/aromatic N) is 1. The average molecular weight is 270 g/mol. The summed E-state index contributed by atoms with van der Waals surface area (Å²) in [5.41, 5.74) is -0.767. The first-order chi connectivity index (χ1) is 9.05. The molecule has 0 bridgehead atoms. The molecule has 1 aliphatic carbocycles. The van der Waals surface area contributed by atoms with Gasteiger partial charge in [0.1, 0.15) is 0 Å². The van der Waals surface area contributed by atoms with E-state index in [2.05, 4.69) is 11.9 Å². The van der Waals surface area contributed by atoms with Crippen molar-refractivity contribution in [1.82, 2.24) is 10.2 Å². The summed E-state index contributed by atoms with van der Waals surface area (Å²) in [6.45, 7) is 5.08. The minimum absolute atomic E-state index is 0.182. The molecule has 1 rings (SSSR count). The number of hydrogen-bond acceptors (Lipinski definition) is 3. The van der Waals surface area contributed by atoms with E-state index < -0.39 is 11.4 Å². The Hall–Kier alpha value is -1.56. The highest BCUT2D eigenvalue weighted by atomic mass is 16.5. The van der Waals surface area contributed by atoms with E-state index in [0.717, 1.165) is 6.42 Å². The van der Waals surface area contributed by atoms with Gasteiger partial charge in [0.25, 0.3) is 0 Å². The molecule has 1 saturated carbocycles. The quantitative estimate of drug-likeness (QED) is 0.647. The number of aliphatic carboxylic acids is 1. The number of urea groups is 1. The van der Waals surface area contributed by atoms with Crippen LogP contribution in [-0.2, 0) is 9.53 Å². The number of methoxy groups -OCH3 is 1. The largest absolute Gasteiger partial charge is 0.481 e. The van der Waals surface area contributed by atoms with E-state index >= 15 is 0 Å². The normalized spacial score (nSPS) is 16.3. The van der Waals surface area contributed by atoms with Gasteiger partial charge in [-0.3, -0.25) is 4.79 Å². The summed E-state index contributed by atoms with van der Waals surface area (Å²) in [4.78, 5) is 24.7. The first kappa shape index (κ1) is 15.5. The molecule has 1 fully saturated rings. The van der Waals surface area contributed by atoms with Crippen LogP contribution in [0.3, 0.4) is 0 Å². The van der Waals surface area contributed by atoms with Crippen molar-refractivity contribution < 1.29 is 19.4 Å². The Morgan fingerprint density at radius 1 is 1.53 bits per heavy atom. The fourth-order valence-electron chi connectivity index (χ4n) is 2.06. The topological polar surface area (TPSA) is 78.9 Å². The zero-order valence-corrected chi connectivity index (χ0v) is 11.4. The van der Waals surface area contributed by atoms with Crippen molar-refractivity contribution in [3.63, 3.8) is 0 Å². The molecular weight excluding hydrogens is 248 g/mol. The predicted molar refractivity (Wildman–Crippen MR) is 71.0 cm³/mol. The molecule has 2 N–H and O–H groups in total. The second-order valence-electron chi connectivity index (χ2n) is 4.83. The van der Waals surface area contributed by atoms with Gasteiger partial charge in [-0.25, -0.2) is 4.79 Å². The number of ether oxygens (including phenoxy) is 1. The van der Waals surface area contributed by atoms with Crippen LogP contribution in [0.25, 0.3) is 0 Å². The fraction of sp³-hybridized carbons (Fsp3) is 0.692. The standard InChI is InChI=1S/C13H22N2O4/c1-3-7-15(8-9-19-2)12(18)14-10-13(11(16)17)5-4-6-13/h3H,1,4-10H2,2H3,(H,14,18)(H,16,17). The summed E-state index contributed by atoms with van der Waals surface area (Å²) >= 11 is 0. The number of carbonyl (C=O) groups is 2. The number of carbonyl (C=O) groups excluding carboxylic acids is 1. The van der Waals surface area contributed by atoms with E-state index in [-0.39, 0.29) is 12.6 Å². The van der Waals surface area contributed by atoms with E-state index in [1.54, 1.807) is 18.1 Å². The van der Waals surface area contributed by atoms with Crippen LogP contribution in [0.1, 0.15) is 19.3 Å². The molecule has 0 atom stereocenters. The van der Waals surface area contributed by atoms with E-state index in [1.165, 1.54) is 0 Å². The third-order valence-corrected chi connectivity index (χ3v) is 3.54. The molecule has 0 spiro atoms. The smallest absolute Gasteiger partial charge is 0.317 e. The molecule has 19 heavy (non-hydrogen) atoms. The van der Waals surface area contributed by atoms with E-state index in [9.17, 15) is 14.7 Å². The molecule has 0 radical (unpaired) electrons. The number of nitrogens with one attached hydrogen (secondary N) is 1. The first-order valence-electron chi connectivity index (χ1n) is 6.42. The lowest BCUT2D eigenvalue weighted by Crippen LogP contribution is -2.51. The molecule has 0 saturated heterocycles. The van der Waals surface area contributed by atoms with Crippen molar-refractivity contribution >= 4 is 12.0 Å². The van der Waals surface area contributed by atoms with Crippen molar-refractivity contribution in [2.75, 3.05) is 33.4 Å². The molecule has 2 amide bonds. The van der Waals surface area contributed by atoms with Crippen LogP contribution in [0.15, 0.2) is 12.7 Å². The molecule has 6 heteroatoms. The SMILES string of the molecule is C=CCN(CCOC)C(=O)NCC1(C(=O)O)CCC1. The van der Waals surface area contributed by atoms with Gasteiger partial charge in [-0.2, -0.15) is 0 Å². The summed E-state index contributed by atoms with van der Waals surface area (Å²) < 4.78 is 4.93. The molecular formula is C13H22N2O4. The Labute approximate surface area is 113 Å². The molecule has 6 nitrogen and oxygen atoms in total. The molecule has 1 aliphatic rings. The van der Waals surface area contributed by atoms with Gasteiger partial charge in [0.2, 0.25) is 0 Å². The van der Waals surface area contributed by atoms with Gasteiger partial charge in [0.05, 0.1) is 12.0 Å². The van der Waals surface area contributed by atoms with Crippen LogP contribution >= 0.6 is 0 Å². The van der Waals surface area contributed by atoms with Gasteiger partial charge in [-0.05, 0) is 12.8 Å². The Morgan fingerprint density at radius 3 is 2.63 bits per heavy atom. The summed E-state index contributed by atoms with van der Waals surface area (Å²) in [5.74, 6) is -0.828. The van der Waals surface area contributed by atoms with Crippen molar-refractivity contribution in [2.24, 2.45) is 5.41 Å². The maximum atomic E-state index is 12.0. The van der Waals surface area contributed by atoms with E-state index in [4.69, 9.17) is 4.74 Å². The lowest BCUT2D eigenvalue weighted by atomic mass is 9.69. The number of carboxylic acid groups (broad SMARTS) is 1. The molecule has 0 aromatic rings. The second-order valence-corrected chi connectivity index (χ2v) is 4.83. The molecule has 0 heterocycles. The van der Waals surface area contributed by atoms with Gasteiger partial charge in [0, 0.05) is 26.7 Å². The maximum absolute atomic E-state index is 12.0. The molecule has 108 valence electrons. The Kier molecular flexibility index (Phi) is 5.82. The summed E-state index contributed by atoms with van der Waals surface area (Å²) in [7, 11) is 1.57. The Balaban J connectivity index is 2.47. The van der Waals surface area contributed by atoms with Crippen LogP contribution in [0.4, 0.5) is 4.79 Å². The molecule has 0 unspecified atom stereocenters. The van der Waals surface area contributed by atoms with E-state index in [0.29, 0.717) is 32.5 Å². The van der Waals surface area contributed by atoms with Gasteiger partial charge < -0.3 is 20.1 Å². The van der Waals surface area contributed by atoms with Crippen molar-refractivity contribution in [3.05, 3.63) is 12.7 Å². The van der Waals surface area contributed by atoms with Crippen LogP contribution in [0.2, 0.25) is 0 Å².